The molecule has 0 radical (unpaired) electrons. The Kier molecular flexibility index (Phi) is 2.90. The molecule has 2 heteroatoms. The third kappa shape index (κ3) is 2.17. The molecule has 0 saturated heterocycles. The Bertz CT molecular complexity index is 123. The molecule has 0 aliphatic heterocycles. The number of nitrogens with one attached hydrogen (secondary N) is 1. The molecule has 1 saturated carbocycles. The second-order valence-electron chi connectivity index (χ2n) is 3.98. The predicted octanol–water partition coefficient (Wildman–Crippen LogP) is 2.11. The van der Waals surface area contributed by atoms with Gasteiger partial charge in [-0.05, 0) is 25.2 Å². The lowest BCUT2D eigenvalue weighted by Gasteiger charge is -2.26. The Morgan fingerprint density at radius 2 is 2.27 bits per heavy atom. The Morgan fingerprint density at radius 3 is 2.73 bits per heavy atom. The molecule has 1 atom stereocenters. The van der Waals surface area contributed by atoms with Crippen LogP contribution in [0.15, 0.2) is 0 Å². The molecule has 66 valence electrons. The summed E-state index contributed by atoms with van der Waals surface area (Å²) in [4.78, 5) is 5.20. The fraction of sp³-hybridized carbons (Fsp3) is 1.00. The maximum atomic E-state index is 5.20. The lowest BCUT2D eigenvalue weighted by molar-refractivity contribution is 0.000691. The highest BCUT2D eigenvalue weighted by molar-refractivity contribution is 4.88. The fourth-order valence-electron chi connectivity index (χ4n) is 1.73. The van der Waals surface area contributed by atoms with Crippen molar-refractivity contribution in [3.05, 3.63) is 0 Å². The second-order valence-corrected chi connectivity index (χ2v) is 3.98. The van der Waals surface area contributed by atoms with Crippen molar-refractivity contribution >= 4 is 0 Å². The van der Waals surface area contributed by atoms with E-state index in [2.05, 4.69) is 19.3 Å². The van der Waals surface area contributed by atoms with Gasteiger partial charge < -0.3 is 4.84 Å². The molecule has 1 unspecified atom stereocenters. The zero-order valence-electron chi connectivity index (χ0n) is 7.81. The van der Waals surface area contributed by atoms with Crippen molar-refractivity contribution in [1.82, 2.24) is 5.48 Å². The Hall–Kier alpha value is -0.0800. The van der Waals surface area contributed by atoms with Gasteiger partial charge in [0.25, 0.3) is 0 Å². The minimum atomic E-state index is 0.426. The van der Waals surface area contributed by atoms with E-state index >= 15 is 0 Å². The number of hydroxylamine groups is 1. The Labute approximate surface area is 69.3 Å². The maximum absolute atomic E-state index is 5.20. The SMILES string of the molecule is CCONC1CCCC1(C)C. The van der Waals surface area contributed by atoms with Gasteiger partial charge in [-0.15, -0.1) is 0 Å². The van der Waals surface area contributed by atoms with Crippen LogP contribution >= 0.6 is 0 Å². The van der Waals surface area contributed by atoms with Crippen molar-refractivity contribution < 1.29 is 4.84 Å². The monoisotopic (exact) mass is 157 g/mol. The van der Waals surface area contributed by atoms with E-state index in [-0.39, 0.29) is 0 Å². The summed E-state index contributed by atoms with van der Waals surface area (Å²) < 4.78 is 0. The minimum absolute atomic E-state index is 0.426. The van der Waals surface area contributed by atoms with Gasteiger partial charge in [0.05, 0.1) is 6.61 Å². The van der Waals surface area contributed by atoms with Crippen molar-refractivity contribution in [2.75, 3.05) is 6.61 Å². The van der Waals surface area contributed by atoms with Gasteiger partial charge in [-0.3, -0.25) is 0 Å². The summed E-state index contributed by atoms with van der Waals surface area (Å²) in [6.45, 7) is 7.37. The summed E-state index contributed by atoms with van der Waals surface area (Å²) in [5.41, 5.74) is 3.55. The first-order chi connectivity index (χ1) is 5.17. The summed E-state index contributed by atoms with van der Waals surface area (Å²) in [6.07, 6.45) is 3.91. The summed E-state index contributed by atoms with van der Waals surface area (Å²) in [5, 5.41) is 0. The van der Waals surface area contributed by atoms with Crippen LogP contribution in [0.5, 0.6) is 0 Å². The standard InChI is InChI=1S/C9H19NO/c1-4-11-10-8-6-5-7-9(8,2)3/h8,10H,4-7H2,1-3H3. The summed E-state index contributed by atoms with van der Waals surface area (Å²) in [5.74, 6) is 0. The highest BCUT2D eigenvalue weighted by atomic mass is 16.6. The largest absolute Gasteiger partial charge is 0.302 e. The lowest BCUT2D eigenvalue weighted by atomic mass is 9.88. The average molecular weight is 157 g/mol. The molecule has 0 aromatic rings. The molecule has 1 aliphatic rings. The molecule has 1 fully saturated rings. The second kappa shape index (κ2) is 3.55. The van der Waals surface area contributed by atoms with Crippen molar-refractivity contribution in [2.24, 2.45) is 5.41 Å². The van der Waals surface area contributed by atoms with Gasteiger partial charge in [0.15, 0.2) is 0 Å². The first-order valence-corrected chi connectivity index (χ1v) is 4.54. The minimum Gasteiger partial charge on any atom is -0.302 e. The van der Waals surface area contributed by atoms with Gasteiger partial charge in [-0.1, -0.05) is 20.3 Å². The first-order valence-electron chi connectivity index (χ1n) is 4.54. The van der Waals surface area contributed by atoms with Crippen LogP contribution in [0.25, 0.3) is 0 Å². The van der Waals surface area contributed by atoms with Crippen molar-refractivity contribution in [3.63, 3.8) is 0 Å². The van der Waals surface area contributed by atoms with Gasteiger partial charge in [0.2, 0.25) is 0 Å². The van der Waals surface area contributed by atoms with Crippen LogP contribution in [-0.2, 0) is 4.84 Å². The normalized spacial score (nSPS) is 29.2. The smallest absolute Gasteiger partial charge is 0.0654 e. The molecule has 0 bridgehead atoms. The molecule has 11 heavy (non-hydrogen) atoms. The third-order valence-electron chi connectivity index (χ3n) is 2.63. The number of rotatable bonds is 3. The van der Waals surface area contributed by atoms with E-state index in [0.717, 1.165) is 6.61 Å². The fourth-order valence-corrected chi connectivity index (χ4v) is 1.73. The molecule has 1 rings (SSSR count). The van der Waals surface area contributed by atoms with Crippen LogP contribution in [0.4, 0.5) is 0 Å². The quantitative estimate of drug-likeness (QED) is 0.633. The zero-order valence-corrected chi connectivity index (χ0v) is 7.81. The van der Waals surface area contributed by atoms with E-state index in [1.165, 1.54) is 19.3 Å². The topological polar surface area (TPSA) is 21.3 Å². The highest BCUT2D eigenvalue weighted by Gasteiger charge is 2.34. The summed E-state index contributed by atoms with van der Waals surface area (Å²) >= 11 is 0. The first kappa shape index (κ1) is 9.01. The zero-order chi connectivity index (χ0) is 8.32. The lowest BCUT2D eigenvalue weighted by Crippen LogP contribution is -2.37. The van der Waals surface area contributed by atoms with Crippen molar-refractivity contribution in [2.45, 2.75) is 46.1 Å². The van der Waals surface area contributed by atoms with E-state index in [0.29, 0.717) is 11.5 Å². The molecule has 0 amide bonds. The summed E-state index contributed by atoms with van der Waals surface area (Å²) in [6, 6.07) is 0.558. The van der Waals surface area contributed by atoms with Gasteiger partial charge >= 0.3 is 0 Å². The molecule has 0 aromatic heterocycles. The highest BCUT2D eigenvalue weighted by Crippen LogP contribution is 2.36. The molecule has 0 heterocycles. The van der Waals surface area contributed by atoms with E-state index < -0.39 is 0 Å². The van der Waals surface area contributed by atoms with Gasteiger partial charge in [0.1, 0.15) is 0 Å². The van der Waals surface area contributed by atoms with Crippen molar-refractivity contribution in [3.8, 4) is 0 Å². The van der Waals surface area contributed by atoms with E-state index in [1.54, 1.807) is 0 Å². The van der Waals surface area contributed by atoms with Crippen LogP contribution in [-0.4, -0.2) is 12.6 Å². The molecular formula is C9H19NO. The molecular weight excluding hydrogens is 138 g/mol. The molecule has 0 spiro atoms. The molecule has 1 N–H and O–H groups in total. The summed E-state index contributed by atoms with van der Waals surface area (Å²) in [7, 11) is 0. The third-order valence-corrected chi connectivity index (χ3v) is 2.63. The van der Waals surface area contributed by atoms with Crippen LogP contribution in [0, 0.1) is 5.41 Å². The number of hydrogen-bond acceptors (Lipinski definition) is 2. The van der Waals surface area contributed by atoms with Crippen LogP contribution in [0.2, 0.25) is 0 Å². The molecule has 1 aliphatic carbocycles. The van der Waals surface area contributed by atoms with E-state index in [1.807, 2.05) is 6.92 Å². The molecule has 0 aromatic carbocycles. The Balaban J connectivity index is 2.32. The van der Waals surface area contributed by atoms with Crippen LogP contribution < -0.4 is 5.48 Å². The Morgan fingerprint density at radius 1 is 1.55 bits per heavy atom. The predicted molar refractivity (Wildman–Crippen MR) is 46.2 cm³/mol. The maximum Gasteiger partial charge on any atom is 0.0654 e. The molecule has 2 nitrogen and oxygen atoms in total. The van der Waals surface area contributed by atoms with Crippen molar-refractivity contribution in [1.29, 1.82) is 0 Å². The van der Waals surface area contributed by atoms with E-state index in [9.17, 15) is 0 Å². The van der Waals surface area contributed by atoms with Gasteiger partial charge in [-0.25, -0.2) is 0 Å². The number of hydrogen-bond donors (Lipinski definition) is 1. The average Bonchev–Trinajstić information content (AvgIpc) is 2.25. The van der Waals surface area contributed by atoms with Crippen LogP contribution in [0.1, 0.15) is 40.0 Å². The van der Waals surface area contributed by atoms with Gasteiger partial charge in [-0.2, -0.15) is 5.48 Å². The van der Waals surface area contributed by atoms with E-state index in [4.69, 9.17) is 4.84 Å². The van der Waals surface area contributed by atoms with Gasteiger partial charge in [0, 0.05) is 6.04 Å². The van der Waals surface area contributed by atoms with Crippen LogP contribution in [0.3, 0.4) is 0 Å².